The van der Waals surface area contributed by atoms with Gasteiger partial charge in [-0.25, -0.2) is 17.2 Å². The van der Waals surface area contributed by atoms with E-state index in [9.17, 15) is 17.2 Å². The molecule has 1 aromatic carbocycles. The standard InChI is InChI=1S/C13H14F2N2O3S/c1-2-17-7-11(6-10(17)8-18)21(19,20)16-9-3-4-12(14)13(15)5-9/h3-7,16,18H,2,8H2,1H3. The molecule has 0 radical (unpaired) electrons. The highest BCUT2D eigenvalue weighted by Crippen LogP contribution is 2.20. The highest BCUT2D eigenvalue weighted by molar-refractivity contribution is 7.92. The fourth-order valence-corrected chi connectivity index (χ4v) is 2.98. The molecule has 114 valence electrons. The van der Waals surface area contributed by atoms with Gasteiger partial charge >= 0.3 is 0 Å². The van der Waals surface area contributed by atoms with Crippen LogP contribution >= 0.6 is 0 Å². The Morgan fingerprint density at radius 3 is 2.48 bits per heavy atom. The predicted octanol–water partition coefficient (Wildman–Crippen LogP) is 2.08. The summed E-state index contributed by atoms with van der Waals surface area (Å²) < 4.78 is 54.0. The van der Waals surface area contributed by atoms with Gasteiger partial charge in [-0.1, -0.05) is 0 Å². The number of halogens is 2. The summed E-state index contributed by atoms with van der Waals surface area (Å²) in [6.07, 6.45) is 1.37. The minimum Gasteiger partial charge on any atom is -0.390 e. The molecular weight excluding hydrogens is 302 g/mol. The van der Waals surface area contributed by atoms with Crippen molar-refractivity contribution in [3.05, 3.63) is 47.8 Å². The molecule has 0 saturated carbocycles. The van der Waals surface area contributed by atoms with Crippen LogP contribution in [0, 0.1) is 11.6 Å². The molecule has 0 saturated heterocycles. The van der Waals surface area contributed by atoms with Crippen LogP contribution in [0.4, 0.5) is 14.5 Å². The zero-order valence-corrected chi connectivity index (χ0v) is 12.0. The van der Waals surface area contributed by atoms with E-state index in [2.05, 4.69) is 4.72 Å². The number of anilines is 1. The number of hydrogen-bond acceptors (Lipinski definition) is 3. The summed E-state index contributed by atoms with van der Waals surface area (Å²) in [5.41, 5.74) is 0.367. The van der Waals surface area contributed by atoms with Crippen molar-refractivity contribution in [2.24, 2.45) is 0 Å². The lowest BCUT2D eigenvalue weighted by Crippen LogP contribution is -2.12. The summed E-state index contributed by atoms with van der Waals surface area (Å²) >= 11 is 0. The summed E-state index contributed by atoms with van der Waals surface area (Å²) in [6.45, 7) is 2.00. The molecule has 0 aliphatic rings. The maximum absolute atomic E-state index is 13.1. The smallest absolute Gasteiger partial charge is 0.263 e. The van der Waals surface area contributed by atoms with E-state index in [4.69, 9.17) is 5.11 Å². The lowest BCUT2D eigenvalue weighted by atomic mass is 10.3. The molecule has 0 spiro atoms. The molecule has 2 aromatic rings. The van der Waals surface area contributed by atoms with Crippen molar-refractivity contribution in [1.29, 1.82) is 0 Å². The van der Waals surface area contributed by atoms with Gasteiger partial charge in [-0.2, -0.15) is 0 Å². The second kappa shape index (κ2) is 5.82. The van der Waals surface area contributed by atoms with Gasteiger partial charge in [0.1, 0.15) is 4.90 Å². The molecule has 1 heterocycles. The molecule has 0 unspecified atom stereocenters. The molecule has 0 amide bonds. The number of sulfonamides is 1. The van der Waals surface area contributed by atoms with Crippen molar-refractivity contribution in [3.8, 4) is 0 Å². The number of aliphatic hydroxyl groups is 1. The molecular formula is C13H14F2N2O3S. The minimum atomic E-state index is -3.94. The van der Waals surface area contributed by atoms with E-state index in [1.165, 1.54) is 12.3 Å². The monoisotopic (exact) mass is 316 g/mol. The van der Waals surface area contributed by atoms with Crippen molar-refractivity contribution < 1.29 is 22.3 Å². The summed E-state index contributed by atoms with van der Waals surface area (Å²) in [5, 5.41) is 9.16. The molecule has 1 aromatic heterocycles. The maximum Gasteiger partial charge on any atom is 0.263 e. The maximum atomic E-state index is 13.1. The third-order valence-corrected chi connectivity index (χ3v) is 4.29. The van der Waals surface area contributed by atoms with Crippen LogP contribution in [0.1, 0.15) is 12.6 Å². The Morgan fingerprint density at radius 1 is 1.24 bits per heavy atom. The zero-order valence-electron chi connectivity index (χ0n) is 11.2. The van der Waals surface area contributed by atoms with Crippen LogP contribution in [-0.4, -0.2) is 18.1 Å². The van der Waals surface area contributed by atoms with Gasteiger partial charge in [0.2, 0.25) is 0 Å². The summed E-state index contributed by atoms with van der Waals surface area (Å²) in [7, 11) is -3.94. The first kappa shape index (κ1) is 15.5. The largest absolute Gasteiger partial charge is 0.390 e. The van der Waals surface area contributed by atoms with Crippen LogP contribution in [0.2, 0.25) is 0 Å². The van der Waals surface area contributed by atoms with Gasteiger partial charge in [-0.3, -0.25) is 4.72 Å². The molecule has 8 heteroatoms. The van der Waals surface area contributed by atoms with Crippen molar-refractivity contribution in [2.45, 2.75) is 25.0 Å². The average Bonchev–Trinajstić information content (AvgIpc) is 2.86. The van der Waals surface area contributed by atoms with Gasteiger partial charge in [0, 0.05) is 24.5 Å². The van der Waals surface area contributed by atoms with E-state index in [-0.39, 0.29) is 17.2 Å². The third kappa shape index (κ3) is 3.22. The quantitative estimate of drug-likeness (QED) is 0.887. The average molecular weight is 316 g/mol. The summed E-state index contributed by atoms with van der Waals surface area (Å²) in [4.78, 5) is -0.0573. The molecule has 2 rings (SSSR count). The van der Waals surface area contributed by atoms with Gasteiger partial charge in [-0.15, -0.1) is 0 Å². The van der Waals surface area contributed by atoms with Gasteiger partial charge in [0.05, 0.1) is 12.3 Å². The third-order valence-electron chi connectivity index (χ3n) is 2.95. The summed E-state index contributed by atoms with van der Waals surface area (Å²) in [6, 6.07) is 4.05. The van der Waals surface area contributed by atoms with E-state index in [0.29, 0.717) is 12.2 Å². The van der Waals surface area contributed by atoms with Crippen LogP contribution in [0.15, 0.2) is 35.4 Å². The van der Waals surface area contributed by atoms with E-state index in [1.807, 2.05) is 0 Å². The molecule has 5 nitrogen and oxygen atoms in total. The molecule has 0 atom stereocenters. The number of aliphatic hydroxyl groups excluding tert-OH is 1. The van der Waals surface area contributed by atoms with Crippen molar-refractivity contribution in [2.75, 3.05) is 4.72 Å². The number of aryl methyl sites for hydroxylation is 1. The van der Waals surface area contributed by atoms with E-state index in [1.54, 1.807) is 11.5 Å². The lowest BCUT2D eigenvalue weighted by Gasteiger charge is -2.06. The molecule has 0 fully saturated rings. The number of rotatable bonds is 5. The first-order valence-electron chi connectivity index (χ1n) is 6.15. The highest BCUT2D eigenvalue weighted by Gasteiger charge is 2.18. The van der Waals surface area contributed by atoms with Crippen LogP contribution in [0.25, 0.3) is 0 Å². The number of nitrogens with zero attached hydrogens (tertiary/aromatic N) is 1. The number of aromatic nitrogens is 1. The zero-order chi connectivity index (χ0) is 15.6. The first-order chi connectivity index (χ1) is 9.87. The number of hydrogen-bond donors (Lipinski definition) is 2. The Kier molecular flexibility index (Phi) is 4.29. The van der Waals surface area contributed by atoms with Crippen molar-refractivity contribution >= 4 is 15.7 Å². The Labute approximate surface area is 120 Å². The Hall–Kier alpha value is -1.93. The second-order valence-corrected chi connectivity index (χ2v) is 6.03. The molecule has 0 bridgehead atoms. The minimum absolute atomic E-state index is 0.0573. The predicted molar refractivity (Wildman–Crippen MR) is 73.2 cm³/mol. The Balaban J connectivity index is 2.33. The summed E-state index contributed by atoms with van der Waals surface area (Å²) in [5.74, 6) is -2.20. The lowest BCUT2D eigenvalue weighted by molar-refractivity contribution is 0.271. The molecule has 0 aliphatic heterocycles. The van der Waals surface area contributed by atoms with Crippen LogP contribution in [0.3, 0.4) is 0 Å². The van der Waals surface area contributed by atoms with Gasteiger partial charge in [-0.05, 0) is 25.1 Å². The van der Waals surface area contributed by atoms with Gasteiger partial charge in [0.25, 0.3) is 10.0 Å². The molecule has 0 aliphatic carbocycles. The fourth-order valence-electron chi connectivity index (χ4n) is 1.87. The van der Waals surface area contributed by atoms with Crippen molar-refractivity contribution in [3.63, 3.8) is 0 Å². The molecule has 2 N–H and O–H groups in total. The van der Waals surface area contributed by atoms with Crippen LogP contribution in [0.5, 0.6) is 0 Å². The van der Waals surface area contributed by atoms with Crippen molar-refractivity contribution in [1.82, 2.24) is 4.57 Å². The number of nitrogens with one attached hydrogen (secondary N) is 1. The van der Waals surface area contributed by atoms with Crippen LogP contribution < -0.4 is 4.72 Å². The van der Waals surface area contributed by atoms with Gasteiger partial charge < -0.3 is 9.67 Å². The number of benzene rings is 1. The topological polar surface area (TPSA) is 71.3 Å². The van der Waals surface area contributed by atoms with E-state index in [0.717, 1.165) is 18.2 Å². The van der Waals surface area contributed by atoms with E-state index < -0.39 is 21.7 Å². The second-order valence-electron chi connectivity index (χ2n) is 4.35. The van der Waals surface area contributed by atoms with Crippen LogP contribution in [-0.2, 0) is 23.2 Å². The fraction of sp³-hybridized carbons (Fsp3) is 0.231. The SMILES string of the molecule is CCn1cc(S(=O)(=O)Nc2ccc(F)c(F)c2)cc1CO. The normalized spacial score (nSPS) is 11.6. The Bertz CT molecular complexity index is 735. The van der Waals surface area contributed by atoms with E-state index >= 15 is 0 Å². The van der Waals surface area contributed by atoms with Gasteiger partial charge in [0.15, 0.2) is 11.6 Å². The highest BCUT2D eigenvalue weighted by atomic mass is 32.2. The Morgan fingerprint density at radius 2 is 1.95 bits per heavy atom. The first-order valence-corrected chi connectivity index (χ1v) is 7.63. The molecule has 21 heavy (non-hydrogen) atoms.